The molecule has 1 fully saturated rings. The minimum absolute atomic E-state index is 0.0644. The van der Waals surface area contributed by atoms with Crippen molar-refractivity contribution in [3.8, 4) is 0 Å². The molecule has 8 heteroatoms. The number of hydrogen-bond donors (Lipinski definition) is 2. The highest BCUT2D eigenvalue weighted by molar-refractivity contribution is 5.67. The van der Waals surface area contributed by atoms with Crippen molar-refractivity contribution in [3.63, 3.8) is 0 Å². The molecule has 1 aromatic heterocycles. The van der Waals surface area contributed by atoms with Gasteiger partial charge in [-0.3, -0.25) is 10.1 Å². The first-order valence-corrected chi connectivity index (χ1v) is 5.79. The molecule has 98 valence electrons. The lowest BCUT2D eigenvalue weighted by Crippen LogP contribution is -2.27. The zero-order valence-electron chi connectivity index (χ0n) is 9.83. The van der Waals surface area contributed by atoms with Crippen LogP contribution < -0.4 is 11.1 Å². The highest BCUT2D eigenvalue weighted by Gasteiger charge is 2.22. The van der Waals surface area contributed by atoms with E-state index >= 15 is 0 Å². The maximum atomic E-state index is 10.9. The molecule has 0 bridgehead atoms. The van der Waals surface area contributed by atoms with E-state index in [1.54, 1.807) is 0 Å². The molecular formula is C10H15N5O3. The molecule has 0 aliphatic carbocycles. The summed E-state index contributed by atoms with van der Waals surface area (Å²) >= 11 is 0. The zero-order chi connectivity index (χ0) is 13.0. The maximum absolute atomic E-state index is 10.9. The molecule has 2 heterocycles. The van der Waals surface area contributed by atoms with E-state index in [0.717, 1.165) is 25.9 Å². The van der Waals surface area contributed by atoms with Crippen LogP contribution in [0.3, 0.4) is 0 Å². The van der Waals surface area contributed by atoms with Gasteiger partial charge in [0, 0.05) is 13.2 Å². The average molecular weight is 253 g/mol. The topological polar surface area (TPSA) is 116 Å². The second kappa shape index (κ2) is 5.58. The first-order valence-electron chi connectivity index (χ1n) is 5.79. The predicted octanol–water partition coefficient (Wildman–Crippen LogP) is 0.948. The Hall–Kier alpha value is -1.96. The Labute approximate surface area is 104 Å². The molecule has 1 aliphatic rings. The quantitative estimate of drug-likeness (QED) is 0.606. The molecule has 0 radical (unpaired) electrons. The number of nitrogen functional groups attached to an aromatic ring is 1. The van der Waals surface area contributed by atoms with Gasteiger partial charge in [-0.2, -0.15) is 0 Å². The van der Waals surface area contributed by atoms with Gasteiger partial charge in [-0.25, -0.2) is 9.97 Å². The van der Waals surface area contributed by atoms with Crippen molar-refractivity contribution in [1.29, 1.82) is 0 Å². The van der Waals surface area contributed by atoms with Gasteiger partial charge in [0.2, 0.25) is 11.6 Å². The van der Waals surface area contributed by atoms with Crippen molar-refractivity contribution >= 4 is 17.3 Å². The number of aromatic nitrogens is 2. The molecule has 18 heavy (non-hydrogen) atoms. The number of hydrogen-bond acceptors (Lipinski definition) is 7. The first-order chi connectivity index (χ1) is 8.68. The Bertz CT molecular complexity index is 434. The monoisotopic (exact) mass is 253 g/mol. The minimum atomic E-state index is -0.584. The van der Waals surface area contributed by atoms with E-state index in [2.05, 4.69) is 15.3 Å². The molecule has 0 amide bonds. The first kappa shape index (κ1) is 12.5. The average Bonchev–Trinajstić information content (AvgIpc) is 2.37. The third-order valence-corrected chi connectivity index (χ3v) is 2.80. The van der Waals surface area contributed by atoms with E-state index in [0.29, 0.717) is 6.54 Å². The lowest BCUT2D eigenvalue weighted by Gasteiger charge is -2.22. The summed E-state index contributed by atoms with van der Waals surface area (Å²) in [4.78, 5) is 17.7. The van der Waals surface area contributed by atoms with E-state index in [1.807, 2.05) is 0 Å². The van der Waals surface area contributed by atoms with Gasteiger partial charge < -0.3 is 15.8 Å². The van der Waals surface area contributed by atoms with E-state index in [-0.39, 0.29) is 23.4 Å². The molecule has 1 unspecified atom stereocenters. The Morgan fingerprint density at radius 1 is 1.56 bits per heavy atom. The molecule has 1 saturated heterocycles. The Balaban J connectivity index is 2.04. The smallest absolute Gasteiger partial charge is 0.352 e. The zero-order valence-corrected chi connectivity index (χ0v) is 9.83. The van der Waals surface area contributed by atoms with Crippen LogP contribution in [0.15, 0.2) is 6.33 Å². The number of nitro groups is 1. The van der Waals surface area contributed by atoms with E-state index in [1.165, 1.54) is 6.33 Å². The third kappa shape index (κ3) is 2.83. The largest absolute Gasteiger partial charge is 0.378 e. The van der Waals surface area contributed by atoms with Crippen LogP contribution in [0.1, 0.15) is 19.3 Å². The number of anilines is 2. The van der Waals surface area contributed by atoms with Crippen LogP contribution in [0, 0.1) is 10.1 Å². The van der Waals surface area contributed by atoms with Crippen LogP contribution in [0.2, 0.25) is 0 Å². The summed E-state index contributed by atoms with van der Waals surface area (Å²) in [5, 5.41) is 13.8. The summed E-state index contributed by atoms with van der Waals surface area (Å²) in [6.45, 7) is 1.22. The fourth-order valence-corrected chi connectivity index (χ4v) is 1.88. The summed E-state index contributed by atoms with van der Waals surface area (Å²) in [5.41, 5.74) is 5.18. The van der Waals surface area contributed by atoms with Crippen molar-refractivity contribution in [2.75, 3.05) is 24.2 Å². The molecule has 0 aromatic carbocycles. The molecular weight excluding hydrogens is 238 g/mol. The summed E-state index contributed by atoms with van der Waals surface area (Å²) in [6.07, 6.45) is 4.39. The van der Waals surface area contributed by atoms with E-state index in [4.69, 9.17) is 10.5 Å². The maximum Gasteiger partial charge on any atom is 0.352 e. The Morgan fingerprint density at radius 2 is 2.39 bits per heavy atom. The summed E-state index contributed by atoms with van der Waals surface area (Å²) in [5.74, 6) is 0.00346. The highest BCUT2D eigenvalue weighted by atomic mass is 16.6. The molecule has 8 nitrogen and oxygen atoms in total. The van der Waals surface area contributed by atoms with Gasteiger partial charge >= 0.3 is 5.69 Å². The van der Waals surface area contributed by atoms with Crippen LogP contribution in [-0.4, -0.2) is 34.1 Å². The normalized spacial score (nSPS) is 19.4. The van der Waals surface area contributed by atoms with Crippen molar-refractivity contribution in [2.45, 2.75) is 25.4 Å². The molecule has 0 spiro atoms. The standard InChI is InChI=1S/C10H15N5O3/c11-9-8(15(16)17)10(14-6-13-9)12-5-7-3-1-2-4-18-7/h6-7H,1-5H2,(H3,11,12,13,14). The second-order valence-electron chi connectivity index (χ2n) is 4.08. The van der Waals surface area contributed by atoms with Crippen LogP contribution in [0.25, 0.3) is 0 Å². The summed E-state index contributed by atoms with van der Waals surface area (Å²) in [7, 11) is 0. The fraction of sp³-hybridized carbons (Fsp3) is 0.600. The molecule has 1 aliphatic heterocycles. The van der Waals surface area contributed by atoms with Crippen LogP contribution in [0.4, 0.5) is 17.3 Å². The number of nitrogens with zero attached hydrogens (tertiary/aromatic N) is 3. The summed E-state index contributed by atoms with van der Waals surface area (Å²) < 4.78 is 5.52. The van der Waals surface area contributed by atoms with E-state index < -0.39 is 4.92 Å². The lowest BCUT2D eigenvalue weighted by molar-refractivity contribution is -0.383. The molecule has 1 aromatic rings. The number of ether oxygens (including phenoxy) is 1. The molecule has 3 N–H and O–H groups in total. The number of nitrogens with one attached hydrogen (secondary N) is 1. The van der Waals surface area contributed by atoms with Crippen molar-refractivity contribution in [1.82, 2.24) is 9.97 Å². The van der Waals surface area contributed by atoms with Gasteiger partial charge in [-0.15, -0.1) is 0 Å². The van der Waals surface area contributed by atoms with Crippen molar-refractivity contribution < 1.29 is 9.66 Å². The molecule has 2 rings (SSSR count). The van der Waals surface area contributed by atoms with Crippen molar-refractivity contribution in [3.05, 3.63) is 16.4 Å². The van der Waals surface area contributed by atoms with Gasteiger partial charge in [0.05, 0.1) is 11.0 Å². The predicted molar refractivity (Wildman–Crippen MR) is 65.2 cm³/mol. The molecule has 0 saturated carbocycles. The van der Waals surface area contributed by atoms with Gasteiger partial charge in [0.1, 0.15) is 6.33 Å². The van der Waals surface area contributed by atoms with Crippen LogP contribution in [-0.2, 0) is 4.74 Å². The van der Waals surface area contributed by atoms with Crippen LogP contribution in [0.5, 0.6) is 0 Å². The minimum Gasteiger partial charge on any atom is -0.378 e. The highest BCUT2D eigenvalue weighted by Crippen LogP contribution is 2.26. The van der Waals surface area contributed by atoms with Crippen molar-refractivity contribution in [2.24, 2.45) is 0 Å². The second-order valence-corrected chi connectivity index (χ2v) is 4.08. The van der Waals surface area contributed by atoms with Crippen LogP contribution >= 0.6 is 0 Å². The number of nitrogens with two attached hydrogens (primary N) is 1. The Kier molecular flexibility index (Phi) is 3.88. The third-order valence-electron chi connectivity index (χ3n) is 2.80. The lowest BCUT2D eigenvalue weighted by atomic mass is 10.1. The van der Waals surface area contributed by atoms with Gasteiger partial charge in [0.25, 0.3) is 0 Å². The van der Waals surface area contributed by atoms with Gasteiger partial charge in [-0.05, 0) is 19.3 Å². The van der Waals surface area contributed by atoms with Gasteiger partial charge in [0.15, 0.2) is 0 Å². The molecule has 1 atom stereocenters. The Morgan fingerprint density at radius 3 is 3.06 bits per heavy atom. The summed E-state index contributed by atoms with van der Waals surface area (Å²) in [6, 6.07) is 0. The van der Waals surface area contributed by atoms with E-state index in [9.17, 15) is 10.1 Å². The number of rotatable bonds is 4. The fourth-order valence-electron chi connectivity index (χ4n) is 1.88. The SMILES string of the molecule is Nc1ncnc(NCC2CCCCO2)c1[N+](=O)[O-]. The van der Waals surface area contributed by atoms with Gasteiger partial charge in [-0.1, -0.05) is 0 Å².